The van der Waals surface area contributed by atoms with Gasteiger partial charge in [0.25, 0.3) is 5.56 Å². The van der Waals surface area contributed by atoms with E-state index in [4.69, 9.17) is 11.6 Å². The first-order valence-electron chi connectivity index (χ1n) is 5.89. The van der Waals surface area contributed by atoms with E-state index in [-0.39, 0.29) is 11.4 Å². The second-order valence-corrected chi connectivity index (χ2v) is 6.86. The standard InChI is InChI=1S/C14H8BrClN2O2S/c15-8-3-1-2-7(6-8)11-13(19)17-12(18-14(11)20)9-4-5-10(16)21-9/h1-6H,(H2,17,18,19,20). The molecular formula is C14H8BrClN2O2S. The monoisotopic (exact) mass is 382 g/mol. The second-order valence-electron chi connectivity index (χ2n) is 4.23. The minimum Gasteiger partial charge on any atom is -0.493 e. The third-order valence-electron chi connectivity index (χ3n) is 2.82. The average molecular weight is 384 g/mol. The summed E-state index contributed by atoms with van der Waals surface area (Å²) in [6.45, 7) is 0. The van der Waals surface area contributed by atoms with Crippen molar-refractivity contribution in [3.63, 3.8) is 0 Å². The van der Waals surface area contributed by atoms with Gasteiger partial charge in [0.1, 0.15) is 5.56 Å². The number of rotatable bonds is 2. The highest BCUT2D eigenvalue weighted by Crippen LogP contribution is 2.31. The quantitative estimate of drug-likeness (QED) is 0.694. The predicted molar refractivity (Wildman–Crippen MR) is 88.0 cm³/mol. The number of H-pyrrole nitrogens is 1. The molecule has 3 aromatic rings. The molecule has 0 fully saturated rings. The van der Waals surface area contributed by atoms with Crippen LogP contribution in [0.3, 0.4) is 0 Å². The second kappa shape index (κ2) is 5.63. The van der Waals surface area contributed by atoms with Crippen LogP contribution in [0.25, 0.3) is 21.8 Å². The highest BCUT2D eigenvalue weighted by molar-refractivity contribution is 9.10. The zero-order valence-electron chi connectivity index (χ0n) is 10.4. The molecule has 0 atom stereocenters. The van der Waals surface area contributed by atoms with Crippen LogP contribution in [0.2, 0.25) is 4.34 Å². The number of benzene rings is 1. The summed E-state index contributed by atoms with van der Waals surface area (Å²) in [4.78, 5) is 19.7. The Morgan fingerprint density at radius 1 is 1.29 bits per heavy atom. The first kappa shape index (κ1) is 14.3. The molecule has 0 aliphatic rings. The molecule has 0 saturated heterocycles. The molecule has 3 rings (SSSR count). The number of aromatic amines is 1. The molecule has 2 N–H and O–H groups in total. The lowest BCUT2D eigenvalue weighted by atomic mass is 10.1. The fourth-order valence-corrected chi connectivity index (χ4v) is 3.31. The van der Waals surface area contributed by atoms with E-state index in [1.54, 1.807) is 30.3 Å². The van der Waals surface area contributed by atoms with E-state index in [9.17, 15) is 9.90 Å². The summed E-state index contributed by atoms with van der Waals surface area (Å²) in [5.41, 5.74) is 0.328. The Kier molecular flexibility index (Phi) is 3.84. The molecule has 2 aromatic heterocycles. The van der Waals surface area contributed by atoms with Crippen LogP contribution in [-0.2, 0) is 0 Å². The molecule has 0 unspecified atom stereocenters. The molecule has 0 aliphatic heterocycles. The number of aromatic hydroxyl groups is 1. The van der Waals surface area contributed by atoms with Crippen molar-refractivity contribution < 1.29 is 5.11 Å². The van der Waals surface area contributed by atoms with Crippen molar-refractivity contribution in [2.45, 2.75) is 0 Å². The van der Waals surface area contributed by atoms with Crippen LogP contribution in [0.1, 0.15) is 0 Å². The Bertz CT molecular complexity index is 875. The molecule has 0 radical (unpaired) electrons. The van der Waals surface area contributed by atoms with Gasteiger partial charge in [-0.2, -0.15) is 4.98 Å². The van der Waals surface area contributed by atoms with Crippen LogP contribution in [0.4, 0.5) is 0 Å². The number of thiophene rings is 1. The molecule has 106 valence electrons. The lowest BCUT2D eigenvalue weighted by molar-refractivity contribution is 0.454. The Balaban J connectivity index is 2.15. The van der Waals surface area contributed by atoms with Crippen LogP contribution in [0.15, 0.2) is 45.7 Å². The van der Waals surface area contributed by atoms with E-state index in [1.807, 2.05) is 6.07 Å². The van der Waals surface area contributed by atoms with E-state index in [0.717, 1.165) is 4.47 Å². The van der Waals surface area contributed by atoms with Crippen molar-refractivity contribution in [1.29, 1.82) is 0 Å². The topological polar surface area (TPSA) is 66.0 Å². The van der Waals surface area contributed by atoms with Crippen molar-refractivity contribution in [3.05, 3.63) is 55.6 Å². The zero-order valence-corrected chi connectivity index (χ0v) is 13.6. The van der Waals surface area contributed by atoms with Crippen molar-refractivity contribution >= 4 is 38.9 Å². The number of nitrogens with zero attached hydrogens (tertiary/aromatic N) is 1. The molecule has 0 spiro atoms. The van der Waals surface area contributed by atoms with Gasteiger partial charge < -0.3 is 10.1 Å². The van der Waals surface area contributed by atoms with E-state index in [1.165, 1.54) is 11.3 Å². The highest BCUT2D eigenvalue weighted by Gasteiger charge is 2.15. The molecule has 7 heteroatoms. The normalized spacial score (nSPS) is 10.8. The number of hydrogen-bond acceptors (Lipinski definition) is 4. The number of nitrogens with one attached hydrogen (secondary N) is 1. The van der Waals surface area contributed by atoms with Gasteiger partial charge in [-0.1, -0.05) is 39.7 Å². The Hall–Kier alpha value is -1.63. The van der Waals surface area contributed by atoms with Crippen LogP contribution in [0.5, 0.6) is 5.88 Å². The van der Waals surface area contributed by atoms with Gasteiger partial charge in [0.2, 0.25) is 5.88 Å². The summed E-state index contributed by atoms with van der Waals surface area (Å²) in [6, 6.07) is 10.5. The van der Waals surface area contributed by atoms with Gasteiger partial charge in [0.15, 0.2) is 5.82 Å². The van der Waals surface area contributed by atoms with Gasteiger partial charge in [-0.15, -0.1) is 11.3 Å². The molecule has 0 aliphatic carbocycles. The molecule has 2 heterocycles. The summed E-state index contributed by atoms with van der Waals surface area (Å²) in [5, 5.41) is 10.1. The van der Waals surface area contributed by atoms with Gasteiger partial charge >= 0.3 is 0 Å². The van der Waals surface area contributed by atoms with Crippen molar-refractivity contribution in [2.24, 2.45) is 0 Å². The van der Waals surface area contributed by atoms with Gasteiger partial charge in [-0.25, -0.2) is 0 Å². The molecule has 0 bridgehead atoms. The summed E-state index contributed by atoms with van der Waals surface area (Å²) in [6.07, 6.45) is 0. The smallest absolute Gasteiger partial charge is 0.262 e. The van der Waals surface area contributed by atoms with Crippen molar-refractivity contribution in [1.82, 2.24) is 9.97 Å². The molecular weight excluding hydrogens is 376 g/mol. The molecule has 0 amide bonds. The lowest BCUT2D eigenvalue weighted by Crippen LogP contribution is -2.11. The lowest BCUT2D eigenvalue weighted by Gasteiger charge is -2.05. The summed E-state index contributed by atoms with van der Waals surface area (Å²) in [5.74, 6) is -0.00970. The van der Waals surface area contributed by atoms with Gasteiger partial charge in [-0.3, -0.25) is 4.79 Å². The van der Waals surface area contributed by atoms with Crippen LogP contribution in [-0.4, -0.2) is 15.1 Å². The predicted octanol–water partition coefficient (Wildman–Crippen LogP) is 4.29. The largest absolute Gasteiger partial charge is 0.493 e. The average Bonchev–Trinajstić information content (AvgIpc) is 2.85. The Morgan fingerprint density at radius 3 is 2.71 bits per heavy atom. The minimum atomic E-state index is -0.403. The maximum Gasteiger partial charge on any atom is 0.262 e. The minimum absolute atomic E-state index is 0.141. The first-order chi connectivity index (χ1) is 10.0. The van der Waals surface area contributed by atoms with Crippen LogP contribution in [0, 0.1) is 0 Å². The maximum atomic E-state index is 12.3. The van der Waals surface area contributed by atoms with Crippen LogP contribution < -0.4 is 5.56 Å². The van der Waals surface area contributed by atoms with E-state index < -0.39 is 5.56 Å². The third kappa shape index (κ3) is 2.88. The summed E-state index contributed by atoms with van der Waals surface area (Å²) in [7, 11) is 0. The fraction of sp³-hybridized carbons (Fsp3) is 0. The van der Waals surface area contributed by atoms with Crippen molar-refractivity contribution in [2.75, 3.05) is 0 Å². The Labute approximate surface area is 137 Å². The number of hydrogen-bond donors (Lipinski definition) is 2. The van der Waals surface area contributed by atoms with Gasteiger partial charge in [0, 0.05) is 4.47 Å². The van der Waals surface area contributed by atoms with E-state index in [0.29, 0.717) is 20.6 Å². The summed E-state index contributed by atoms with van der Waals surface area (Å²) < 4.78 is 1.40. The maximum absolute atomic E-state index is 12.3. The van der Waals surface area contributed by atoms with Gasteiger partial charge in [0.05, 0.1) is 9.21 Å². The van der Waals surface area contributed by atoms with Crippen molar-refractivity contribution in [3.8, 4) is 27.7 Å². The van der Waals surface area contributed by atoms with E-state index >= 15 is 0 Å². The van der Waals surface area contributed by atoms with E-state index in [2.05, 4.69) is 25.9 Å². The third-order valence-corrected chi connectivity index (χ3v) is 4.55. The summed E-state index contributed by atoms with van der Waals surface area (Å²) >= 11 is 10.5. The Morgan fingerprint density at radius 2 is 2.10 bits per heavy atom. The zero-order chi connectivity index (χ0) is 15.0. The molecule has 0 saturated carbocycles. The fourth-order valence-electron chi connectivity index (χ4n) is 1.92. The number of halogens is 2. The van der Waals surface area contributed by atoms with Gasteiger partial charge in [-0.05, 0) is 29.8 Å². The van der Waals surface area contributed by atoms with Crippen LogP contribution >= 0.6 is 38.9 Å². The molecule has 1 aromatic carbocycles. The first-order valence-corrected chi connectivity index (χ1v) is 7.88. The molecule has 21 heavy (non-hydrogen) atoms. The highest BCUT2D eigenvalue weighted by atomic mass is 79.9. The number of aromatic nitrogens is 2. The molecule has 4 nitrogen and oxygen atoms in total. The SMILES string of the molecule is O=c1[nH]c(-c2ccc(Cl)s2)nc(O)c1-c1cccc(Br)c1.